The smallest absolute Gasteiger partial charge is 0.248 e. The van der Waals surface area contributed by atoms with Crippen molar-refractivity contribution >= 4 is 52.3 Å². The molecule has 8 heteroatoms. The molecule has 1 atom stereocenters. The number of nitrogens with one attached hydrogen (secondary N) is 1. The third-order valence-electron chi connectivity index (χ3n) is 4.11. The number of hydrogen-bond acceptors (Lipinski definition) is 3. The van der Waals surface area contributed by atoms with E-state index >= 15 is 0 Å². The number of nitrogens with zero attached hydrogens (tertiary/aromatic N) is 1. The Balaban J connectivity index is 2.08. The van der Waals surface area contributed by atoms with Crippen molar-refractivity contribution in [3.63, 3.8) is 0 Å². The van der Waals surface area contributed by atoms with E-state index in [1.807, 2.05) is 0 Å². The minimum atomic E-state index is -0.877. The fourth-order valence-corrected chi connectivity index (χ4v) is 3.63. The molecule has 1 aromatic carbocycles. The molecule has 0 bridgehead atoms. The summed E-state index contributed by atoms with van der Waals surface area (Å²) < 4.78 is 0. The molecule has 1 spiro atoms. The zero-order valence-corrected chi connectivity index (χ0v) is 13.0. The van der Waals surface area contributed by atoms with Crippen LogP contribution in [-0.4, -0.2) is 41.5 Å². The second-order valence-electron chi connectivity index (χ2n) is 5.17. The Morgan fingerprint density at radius 1 is 1.38 bits per heavy atom. The van der Waals surface area contributed by atoms with Gasteiger partial charge in [0, 0.05) is 13.1 Å². The number of amides is 2. The normalized spacial score (nSPS) is 23.6. The van der Waals surface area contributed by atoms with Gasteiger partial charge in [-0.3, -0.25) is 9.59 Å². The minimum absolute atomic E-state index is 0.190. The van der Waals surface area contributed by atoms with Crippen molar-refractivity contribution in [1.82, 2.24) is 4.90 Å². The molecule has 0 radical (unpaired) electrons. The molecule has 2 heterocycles. The van der Waals surface area contributed by atoms with Crippen LogP contribution in [0.1, 0.15) is 12.0 Å². The van der Waals surface area contributed by atoms with Crippen LogP contribution in [0.2, 0.25) is 15.1 Å². The number of carbonyl (C=O) groups is 2. The van der Waals surface area contributed by atoms with Gasteiger partial charge >= 0.3 is 0 Å². The second kappa shape index (κ2) is 5.02. The second-order valence-corrected chi connectivity index (χ2v) is 6.33. The summed E-state index contributed by atoms with van der Waals surface area (Å²) in [6.07, 6.45) is 0.450. The predicted octanol–water partition coefficient (Wildman–Crippen LogP) is 2.06. The lowest BCUT2D eigenvalue weighted by Crippen LogP contribution is -2.40. The molecular weight excluding hydrogens is 339 g/mol. The van der Waals surface area contributed by atoms with Crippen LogP contribution < -0.4 is 5.32 Å². The van der Waals surface area contributed by atoms with Crippen molar-refractivity contribution in [2.45, 2.75) is 11.8 Å². The first-order valence-electron chi connectivity index (χ1n) is 6.29. The average molecular weight is 350 g/mol. The molecular formula is C13H11Cl3N2O3. The molecule has 0 unspecified atom stereocenters. The number of halogens is 3. The van der Waals surface area contributed by atoms with Crippen LogP contribution in [0.25, 0.3) is 0 Å². The summed E-state index contributed by atoms with van der Waals surface area (Å²) in [6.45, 7) is 0.0102. The van der Waals surface area contributed by atoms with Crippen molar-refractivity contribution < 1.29 is 14.7 Å². The van der Waals surface area contributed by atoms with Crippen LogP contribution in [0.15, 0.2) is 6.07 Å². The lowest BCUT2D eigenvalue weighted by Gasteiger charge is -2.22. The third-order valence-corrected chi connectivity index (χ3v) is 5.37. The lowest BCUT2D eigenvalue weighted by atomic mass is 9.81. The fourth-order valence-electron chi connectivity index (χ4n) is 2.98. The molecule has 1 fully saturated rings. The lowest BCUT2D eigenvalue weighted by molar-refractivity contribution is -0.133. The fraction of sp³-hybridized carbons (Fsp3) is 0.385. The van der Waals surface area contributed by atoms with Gasteiger partial charge in [-0.1, -0.05) is 34.8 Å². The van der Waals surface area contributed by atoms with Crippen molar-refractivity contribution in [1.29, 1.82) is 0 Å². The van der Waals surface area contributed by atoms with E-state index in [9.17, 15) is 9.59 Å². The van der Waals surface area contributed by atoms with Gasteiger partial charge in [0.05, 0.1) is 26.2 Å². The highest BCUT2D eigenvalue weighted by atomic mass is 35.5. The summed E-state index contributed by atoms with van der Waals surface area (Å²) in [5.41, 5.74) is 0.229. The molecule has 1 aromatic rings. The summed E-state index contributed by atoms with van der Waals surface area (Å²) in [5.74, 6) is -0.634. The summed E-state index contributed by atoms with van der Waals surface area (Å²) in [6, 6.07) is 1.62. The Bertz CT molecular complexity index is 665. The Labute approximate surface area is 135 Å². The molecule has 1 saturated heterocycles. The van der Waals surface area contributed by atoms with Gasteiger partial charge in [0.1, 0.15) is 6.61 Å². The molecule has 2 aliphatic rings. The SMILES string of the molecule is O=C(CO)N1CC[C@@]2(C1)C(=O)Nc1c2cc(Cl)c(Cl)c1Cl. The zero-order chi connectivity index (χ0) is 15.4. The number of benzene rings is 1. The first-order valence-corrected chi connectivity index (χ1v) is 7.42. The highest BCUT2D eigenvalue weighted by Gasteiger charge is 2.53. The van der Waals surface area contributed by atoms with E-state index in [0.717, 1.165) is 0 Å². The molecule has 5 nitrogen and oxygen atoms in total. The molecule has 2 aliphatic heterocycles. The van der Waals surface area contributed by atoms with E-state index < -0.39 is 17.9 Å². The molecule has 2 amide bonds. The topological polar surface area (TPSA) is 69.6 Å². The van der Waals surface area contributed by atoms with Crippen molar-refractivity contribution in [3.8, 4) is 0 Å². The van der Waals surface area contributed by atoms with Gasteiger partial charge in [0.2, 0.25) is 11.8 Å². The molecule has 0 aromatic heterocycles. The van der Waals surface area contributed by atoms with Gasteiger partial charge in [0.15, 0.2) is 0 Å². The first kappa shape index (κ1) is 14.9. The molecule has 112 valence electrons. The molecule has 0 aliphatic carbocycles. The predicted molar refractivity (Wildman–Crippen MR) is 80.1 cm³/mol. The number of likely N-dealkylation sites (tertiary alicyclic amines) is 1. The van der Waals surface area contributed by atoms with Gasteiger partial charge < -0.3 is 15.3 Å². The highest BCUT2D eigenvalue weighted by Crippen LogP contribution is 2.50. The van der Waals surface area contributed by atoms with Crippen LogP contribution in [0, 0.1) is 0 Å². The molecule has 0 saturated carbocycles. The summed E-state index contributed by atoms with van der Waals surface area (Å²) in [4.78, 5) is 25.5. The van der Waals surface area contributed by atoms with Crippen molar-refractivity contribution in [3.05, 3.63) is 26.7 Å². The molecule has 21 heavy (non-hydrogen) atoms. The average Bonchev–Trinajstić information content (AvgIpc) is 3.02. The van der Waals surface area contributed by atoms with Crippen LogP contribution >= 0.6 is 34.8 Å². The largest absolute Gasteiger partial charge is 0.387 e. The number of aliphatic hydroxyl groups excluding tert-OH is 1. The Morgan fingerprint density at radius 2 is 2.10 bits per heavy atom. The van der Waals surface area contributed by atoms with Crippen LogP contribution in [0.3, 0.4) is 0 Å². The van der Waals surface area contributed by atoms with Crippen LogP contribution in [-0.2, 0) is 15.0 Å². The first-order chi connectivity index (χ1) is 9.90. The summed E-state index contributed by atoms with van der Waals surface area (Å²) >= 11 is 18.2. The van der Waals surface area contributed by atoms with Gasteiger partial charge in [-0.2, -0.15) is 0 Å². The van der Waals surface area contributed by atoms with Crippen molar-refractivity contribution in [2.24, 2.45) is 0 Å². The number of rotatable bonds is 1. The Hall–Kier alpha value is -1.01. The van der Waals surface area contributed by atoms with Gasteiger partial charge in [0.25, 0.3) is 0 Å². The van der Waals surface area contributed by atoms with E-state index in [0.29, 0.717) is 24.2 Å². The number of anilines is 1. The van der Waals surface area contributed by atoms with Crippen LogP contribution in [0.5, 0.6) is 0 Å². The van der Waals surface area contributed by atoms with Crippen molar-refractivity contribution in [2.75, 3.05) is 25.0 Å². The number of aliphatic hydroxyl groups is 1. The van der Waals surface area contributed by atoms with E-state index in [-0.39, 0.29) is 27.5 Å². The van der Waals surface area contributed by atoms with E-state index in [1.165, 1.54) is 4.90 Å². The Kier molecular flexibility index (Phi) is 3.56. The van der Waals surface area contributed by atoms with E-state index in [4.69, 9.17) is 39.9 Å². The maximum atomic E-state index is 12.4. The van der Waals surface area contributed by atoms with Gasteiger partial charge in [-0.15, -0.1) is 0 Å². The zero-order valence-electron chi connectivity index (χ0n) is 10.8. The Morgan fingerprint density at radius 3 is 2.76 bits per heavy atom. The van der Waals surface area contributed by atoms with Gasteiger partial charge in [-0.25, -0.2) is 0 Å². The number of fused-ring (bicyclic) bond motifs is 2. The maximum Gasteiger partial charge on any atom is 0.248 e. The van der Waals surface area contributed by atoms with E-state index in [1.54, 1.807) is 6.07 Å². The van der Waals surface area contributed by atoms with Gasteiger partial charge in [-0.05, 0) is 18.1 Å². The highest BCUT2D eigenvalue weighted by molar-refractivity contribution is 6.49. The monoisotopic (exact) mass is 348 g/mol. The summed E-state index contributed by atoms with van der Waals surface area (Å²) in [5, 5.41) is 12.4. The molecule has 3 rings (SSSR count). The van der Waals surface area contributed by atoms with Crippen LogP contribution in [0.4, 0.5) is 5.69 Å². The number of hydrogen-bond donors (Lipinski definition) is 2. The minimum Gasteiger partial charge on any atom is -0.387 e. The standard InChI is InChI=1S/C13H11Cl3N2O3/c14-7-3-6-11(10(16)9(7)15)17-12(21)13(6)1-2-18(5-13)8(20)4-19/h3,19H,1-2,4-5H2,(H,17,21)/t13-/m0/s1. The third kappa shape index (κ3) is 2.03. The quantitative estimate of drug-likeness (QED) is 0.763. The van der Waals surface area contributed by atoms with E-state index in [2.05, 4.69) is 5.32 Å². The maximum absolute atomic E-state index is 12.4. The number of carbonyl (C=O) groups excluding carboxylic acids is 2. The molecule has 2 N–H and O–H groups in total. The summed E-state index contributed by atoms with van der Waals surface area (Å²) in [7, 11) is 0.